The Bertz CT molecular complexity index is 1070. The molecule has 8 heteroatoms. The molecule has 0 radical (unpaired) electrons. The Labute approximate surface area is 189 Å². The molecular formula is C24H37N5O3. The molecule has 0 bridgehead atoms. The van der Waals surface area contributed by atoms with Gasteiger partial charge in [0.2, 0.25) is 5.91 Å². The Morgan fingerprint density at radius 1 is 1.12 bits per heavy atom. The number of nitrogens with two attached hydrogens (primary N) is 1. The van der Waals surface area contributed by atoms with Crippen molar-refractivity contribution in [2.45, 2.75) is 60.9 Å². The van der Waals surface area contributed by atoms with Gasteiger partial charge >= 0.3 is 5.69 Å². The number of rotatable bonds is 9. The van der Waals surface area contributed by atoms with Crippen LogP contribution in [0.5, 0.6) is 0 Å². The predicted molar refractivity (Wildman–Crippen MR) is 132 cm³/mol. The van der Waals surface area contributed by atoms with E-state index in [1.807, 2.05) is 52.8 Å². The number of amides is 1. The zero-order chi connectivity index (χ0) is 24.2. The number of para-hydroxylation sites is 1. The van der Waals surface area contributed by atoms with E-state index < -0.39 is 11.2 Å². The van der Waals surface area contributed by atoms with Crippen LogP contribution in [0.4, 0.5) is 17.2 Å². The van der Waals surface area contributed by atoms with Crippen molar-refractivity contribution in [2.24, 2.45) is 11.8 Å². The molecule has 32 heavy (non-hydrogen) atoms. The summed E-state index contributed by atoms with van der Waals surface area (Å²) in [6.45, 7) is 14.8. The van der Waals surface area contributed by atoms with Crippen molar-refractivity contribution in [2.75, 3.05) is 29.0 Å². The van der Waals surface area contributed by atoms with Crippen molar-refractivity contribution in [1.29, 1.82) is 0 Å². The maximum absolute atomic E-state index is 13.1. The number of carbonyl (C=O) groups excluding carboxylic acids is 1. The van der Waals surface area contributed by atoms with Crippen LogP contribution in [-0.2, 0) is 11.3 Å². The van der Waals surface area contributed by atoms with Crippen LogP contribution >= 0.6 is 0 Å². The molecule has 0 aliphatic heterocycles. The zero-order valence-electron chi connectivity index (χ0n) is 20.3. The molecule has 0 atom stereocenters. The van der Waals surface area contributed by atoms with Crippen molar-refractivity contribution in [3.63, 3.8) is 0 Å². The van der Waals surface area contributed by atoms with Gasteiger partial charge in [0.1, 0.15) is 11.5 Å². The lowest BCUT2D eigenvalue weighted by Gasteiger charge is -2.28. The number of nitrogens with zero attached hydrogens (tertiary/aromatic N) is 2. The molecule has 2 aromatic rings. The molecular weight excluding hydrogens is 406 g/mol. The lowest BCUT2D eigenvalue weighted by molar-refractivity contribution is -0.115. The number of benzene rings is 1. The van der Waals surface area contributed by atoms with E-state index in [4.69, 9.17) is 5.73 Å². The first-order valence-electron chi connectivity index (χ1n) is 11.2. The highest BCUT2D eigenvalue weighted by Crippen LogP contribution is 2.27. The number of carbonyl (C=O) groups is 1. The van der Waals surface area contributed by atoms with Crippen LogP contribution in [-0.4, -0.2) is 28.5 Å². The van der Waals surface area contributed by atoms with Crippen LogP contribution < -0.4 is 27.2 Å². The van der Waals surface area contributed by atoms with Crippen molar-refractivity contribution in [3.05, 3.63) is 50.2 Å². The third kappa shape index (κ3) is 6.02. The SMILES string of the molecule is Cc1cccc(C(C)C)c1NC(=O)CN(CC(C)C)c1c(N)n(CC(C)C)c(=O)[nH]c1=O. The van der Waals surface area contributed by atoms with Crippen molar-refractivity contribution < 1.29 is 4.79 Å². The molecule has 0 fully saturated rings. The van der Waals surface area contributed by atoms with Crippen LogP contribution in [0, 0.1) is 18.8 Å². The summed E-state index contributed by atoms with van der Waals surface area (Å²) in [5.41, 5.74) is 8.15. The highest BCUT2D eigenvalue weighted by Gasteiger charge is 2.23. The van der Waals surface area contributed by atoms with E-state index in [0.717, 1.165) is 16.8 Å². The number of hydrogen-bond acceptors (Lipinski definition) is 5. The van der Waals surface area contributed by atoms with E-state index in [-0.39, 0.29) is 41.7 Å². The van der Waals surface area contributed by atoms with Gasteiger partial charge in [0.15, 0.2) is 0 Å². The van der Waals surface area contributed by atoms with Gasteiger partial charge in [-0.05, 0) is 35.8 Å². The maximum Gasteiger partial charge on any atom is 0.330 e. The van der Waals surface area contributed by atoms with Crippen LogP contribution in [0.3, 0.4) is 0 Å². The molecule has 4 N–H and O–H groups in total. The van der Waals surface area contributed by atoms with Crippen molar-refractivity contribution in [3.8, 4) is 0 Å². The molecule has 0 aliphatic rings. The minimum Gasteiger partial charge on any atom is -0.383 e. The summed E-state index contributed by atoms with van der Waals surface area (Å²) in [5, 5.41) is 3.03. The van der Waals surface area contributed by atoms with Gasteiger partial charge in [-0.15, -0.1) is 0 Å². The average molecular weight is 444 g/mol. The molecule has 0 unspecified atom stereocenters. The quantitative estimate of drug-likeness (QED) is 0.550. The van der Waals surface area contributed by atoms with E-state index in [2.05, 4.69) is 24.1 Å². The number of nitrogens with one attached hydrogen (secondary N) is 2. The summed E-state index contributed by atoms with van der Waals surface area (Å²) < 4.78 is 1.37. The second kappa shape index (κ2) is 10.5. The fraction of sp³-hybridized carbons (Fsp3) is 0.542. The smallest absolute Gasteiger partial charge is 0.330 e. The van der Waals surface area contributed by atoms with Crippen LogP contribution in [0.15, 0.2) is 27.8 Å². The number of aryl methyl sites for hydroxylation is 1. The van der Waals surface area contributed by atoms with Gasteiger partial charge in [0, 0.05) is 18.8 Å². The molecule has 0 aliphatic carbocycles. The first-order valence-corrected chi connectivity index (χ1v) is 11.2. The molecule has 0 saturated heterocycles. The normalized spacial score (nSPS) is 11.4. The van der Waals surface area contributed by atoms with Gasteiger partial charge in [0.25, 0.3) is 5.56 Å². The van der Waals surface area contributed by atoms with Gasteiger partial charge in [-0.3, -0.25) is 19.1 Å². The topological polar surface area (TPSA) is 113 Å². The molecule has 2 rings (SSSR count). The fourth-order valence-electron chi connectivity index (χ4n) is 3.80. The molecule has 0 spiro atoms. The molecule has 8 nitrogen and oxygen atoms in total. The van der Waals surface area contributed by atoms with Crippen LogP contribution in [0.25, 0.3) is 0 Å². The lowest BCUT2D eigenvalue weighted by Crippen LogP contribution is -2.43. The Morgan fingerprint density at radius 3 is 2.34 bits per heavy atom. The minimum absolute atomic E-state index is 0.0583. The monoisotopic (exact) mass is 443 g/mol. The summed E-state index contributed by atoms with van der Waals surface area (Å²) in [4.78, 5) is 42.2. The number of H-pyrrole nitrogens is 1. The summed E-state index contributed by atoms with van der Waals surface area (Å²) in [6.07, 6.45) is 0. The summed E-state index contributed by atoms with van der Waals surface area (Å²) >= 11 is 0. The van der Waals surface area contributed by atoms with E-state index >= 15 is 0 Å². The Morgan fingerprint density at radius 2 is 1.78 bits per heavy atom. The van der Waals surface area contributed by atoms with Crippen molar-refractivity contribution in [1.82, 2.24) is 9.55 Å². The molecule has 1 aromatic heterocycles. The molecule has 1 amide bonds. The van der Waals surface area contributed by atoms with E-state index in [1.54, 1.807) is 4.90 Å². The first-order chi connectivity index (χ1) is 14.9. The third-order valence-electron chi connectivity index (χ3n) is 5.19. The minimum atomic E-state index is -0.584. The first kappa shape index (κ1) is 25.2. The molecule has 176 valence electrons. The Balaban J connectivity index is 2.44. The van der Waals surface area contributed by atoms with Gasteiger partial charge in [0.05, 0.1) is 6.54 Å². The lowest BCUT2D eigenvalue weighted by atomic mass is 9.98. The molecule has 1 heterocycles. The maximum atomic E-state index is 13.1. The average Bonchev–Trinajstić information content (AvgIpc) is 2.65. The Hall–Kier alpha value is -3.03. The predicted octanol–water partition coefficient (Wildman–Crippen LogP) is 3.31. The van der Waals surface area contributed by atoms with E-state index in [9.17, 15) is 14.4 Å². The highest BCUT2D eigenvalue weighted by atomic mass is 16.2. The molecule has 0 saturated carbocycles. The van der Waals surface area contributed by atoms with E-state index in [1.165, 1.54) is 4.57 Å². The standard InChI is InChI=1S/C24H37N5O3/c1-14(2)11-28(21-22(25)29(12-15(3)4)24(32)27-23(21)31)13-19(30)26-20-17(7)9-8-10-18(20)16(5)6/h8-10,14-16H,11-13,25H2,1-7H3,(H,26,30)(H,27,31,32). The summed E-state index contributed by atoms with van der Waals surface area (Å²) in [5.74, 6) is 0.403. The third-order valence-corrected chi connectivity index (χ3v) is 5.19. The largest absolute Gasteiger partial charge is 0.383 e. The van der Waals surface area contributed by atoms with Crippen LogP contribution in [0.1, 0.15) is 58.6 Å². The Kier molecular flexibility index (Phi) is 8.30. The summed E-state index contributed by atoms with van der Waals surface area (Å²) in [6, 6.07) is 5.94. The number of nitrogen functional groups attached to an aromatic ring is 1. The number of aromatic amines is 1. The molecule has 1 aromatic carbocycles. The van der Waals surface area contributed by atoms with Gasteiger partial charge in [-0.1, -0.05) is 59.7 Å². The van der Waals surface area contributed by atoms with Gasteiger partial charge in [-0.2, -0.15) is 0 Å². The van der Waals surface area contributed by atoms with Crippen LogP contribution in [0.2, 0.25) is 0 Å². The second-order valence-electron chi connectivity index (χ2n) is 9.51. The summed E-state index contributed by atoms with van der Waals surface area (Å²) in [7, 11) is 0. The number of anilines is 3. The van der Waals surface area contributed by atoms with Gasteiger partial charge in [-0.25, -0.2) is 4.79 Å². The zero-order valence-corrected chi connectivity index (χ0v) is 20.3. The van der Waals surface area contributed by atoms with Crippen molar-refractivity contribution >= 4 is 23.1 Å². The number of hydrogen-bond donors (Lipinski definition) is 3. The fourth-order valence-corrected chi connectivity index (χ4v) is 3.80. The van der Waals surface area contributed by atoms with Gasteiger partial charge < -0.3 is 16.0 Å². The highest BCUT2D eigenvalue weighted by molar-refractivity contribution is 5.96. The van der Waals surface area contributed by atoms with E-state index in [0.29, 0.717) is 13.1 Å². The number of aromatic nitrogens is 2. The second-order valence-corrected chi connectivity index (χ2v) is 9.51.